The first-order chi connectivity index (χ1) is 13.8. The zero-order chi connectivity index (χ0) is 19.1. The SMILES string of the molecule is CCn1c(=O)cc(C2CC2)c2cc(-c3nccnc3-c3ccccc3)ccc21. The fourth-order valence-electron chi connectivity index (χ4n) is 3.97. The third-order valence-corrected chi connectivity index (χ3v) is 5.50. The molecule has 2 heterocycles. The molecule has 1 saturated carbocycles. The molecule has 2 aromatic carbocycles. The highest BCUT2D eigenvalue weighted by Crippen LogP contribution is 2.43. The third-order valence-electron chi connectivity index (χ3n) is 5.50. The number of nitrogens with zero attached hydrogens (tertiary/aromatic N) is 3. The standard InChI is InChI=1S/C24H21N3O/c1-2-27-21-11-10-18(14-20(21)19(15-22(27)28)16-8-9-16)24-23(25-12-13-26-24)17-6-4-3-5-7-17/h3-7,10-16H,2,8-9H2,1H3. The second-order valence-electron chi connectivity index (χ2n) is 7.31. The van der Waals surface area contributed by atoms with Crippen molar-refractivity contribution in [1.82, 2.24) is 14.5 Å². The number of pyridine rings is 1. The number of hydrogen-bond acceptors (Lipinski definition) is 3. The molecular formula is C24H21N3O. The molecule has 1 fully saturated rings. The summed E-state index contributed by atoms with van der Waals surface area (Å²) >= 11 is 0. The van der Waals surface area contributed by atoms with Crippen LogP contribution in [0.1, 0.15) is 31.2 Å². The van der Waals surface area contributed by atoms with Crippen LogP contribution in [0.3, 0.4) is 0 Å². The van der Waals surface area contributed by atoms with Gasteiger partial charge in [-0.2, -0.15) is 0 Å². The molecule has 5 rings (SSSR count). The predicted octanol–water partition coefficient (Wildman–Crippen LogP) is 5.02. The van der Waals surface area contributed by atoms with Crippen LogP contribution in [0.25, 0.3) is 33.4 Å². The fraction of sp³-hybridized carbons (Fsp3) is 0.208. The summed E-state index contributed by atoms with van der Waals surface area (Å²) in [5.41, 5.74) is 6.09. The van der Waals surface area contributed by atoms with E-state index in [9.17, 15) is 4.79 Å². The second-order valence-corrected chi connectivity index (χ2v) is 7.31. The number of benzene rings is 2. The molecular weight excluding hydrogens is 346 g/mol. The van der Waals surface area contributed by atoms with Crippen LogP contribution in [-0.4, -0.2) is 14.5 Å². The van der Waals surface area contributed by atoms with E-state index in [4.69, 9.17) is 0 Å². The lowest BCUT2D eigenvalue weighted by atomic mass is 9.98. The monoisotopic (exact) mass is 367 g/mol. The molecule has 0 amide bonds. The van der Waals surface area contributed by atoms with Crippen molar-refractivity contribution in [1.29, 1.82) is 0 Å². The zero-order valence-corrected chi connectivity index (χ0v) is 15.8. The average Bonchev–Trinajstić information content (AvgIpc) is 3.59. The molecule has 4 nitrogen and oxygen atoms in total. The predicted molar refractivity (Wildman–Crippen MR) is 112 cm³/mol. The van der Waals surface area contributed by atoms with Gasteiger partial charge in [-0.15, -0.1) is 0 Å². The van der Waals surface area contributed by atoms with E-state index in [1.165, 1.54) is 5.56 Å². The highest BCUT2D eigenvalue weighted by Gasteiger charge is 2.27. The third kappa shape index (κ3) is 2.82. The van der Waals surface area contributed by atoms with Gasteiger partial charge in [0.1, 0.15) is 0 Å². The average molecular weight is 367 g/mol. The molecule has 0 saturated heterocycles. The van der Waals surface area contributed by atoms with Gasteiger partial charge < -0.3 is 4.57 Å². The van der Waals surface area contributed by atoms with Crippen molar-refractivity contribution in [2.75, 3.05) is 0 Å². The number of rotatable bonds is 4. The highest BCUT2D eigenvalue weighted by atomic mass is 16.1. The van der Waals surface area contributed by atoms with Gasteiger partial charge in [0.2, 0.25) is 0 Å². The molecule has 28 heavy (non-hydrogen) atoms. The number of hydrogen-bond donors (Lipinski definition) is 0. The van der Waals surface area contributed by atoms with E-state index in [0.717, 1.165) is 46.3 Å². The molecule has 0 N–H and O–H groups in total. The van der Waals surface area contributed by atoms with Crippen LogP contribution in [0.15, 0.2) is 71.8 Å². The fourth-order valence-corrected chi connectivity index (χ4v) is 3.97. The number of aromatic nitrogens is 3. The van der Waals surface area contributed by atoms with E-state index in [-0.39, 0.29) is 5.56 Å². The summed E-state index contributed by atoms with van der Waals surface area (Å²) in [4.78, 5) is 21.8. The Hall–Kier alpha value is -3.27. The molecule has 0 unspecified atom stereocenters. The number of aryl methyl sites for hydroxylation is 1. The van der Waals surface area contributed by atoms with Gasteiger partial charge in [0, 0.05) is 41.5 Å². The molecule has 1 aliphatic rings. The summed E-state index contributed by atoms with van der Waals surface area (Å²) in [6, 6.07) is 18.3. The minimum Gasteiger partial charge on any atom is -0.309 e. The van der Waals surface area contributed by atoms with Crippen molar-refractivity contribution in [2.45, 2.75) is 32.2 Å². The first-order valence-electron chi connectivity index (χ1n) is 9.80. The largest absolute Gasteiger partial charge is 0.309 e. The van der Waals surface area contributed by atoms with Gasteiger partial charge >= 0.3 is 0 Å². The Morgan fingerprint density at radius 3 is 2.32 bits per heavy atom. The van der Waals surface area contributed by atoms with Gasteiger partial charge in [-0.1, -0.05) is 36.4 Å². The van der Waals surface area contributed by atoms with E-state index >= 15 is 0 Å². The Labute approximate surface area is 163 Å². The summed E-state index contributed by atoms with van der Waals surface area (Å²) < 4.78 is 1.85. The van der Waals surface area contributed by atoms with Gasteiger partial charge in [-0.05, 0) is 43.4 Å². The Kier molecular flexibility index (Phi) is 4.05. The van der Waals surface area contributed by atoms with E-state index < -0.39 is 0 Å². The smallest absolute Gasteiger partial charge is 0.251 e. The lowest BCUT2D eigenvalue weighted by molar-refractivity contribution is 0.757. The maximum Gasteiger partial charge on any atom is 0.251 e. The van der Waals surface area contributed by atoms with Gasteiger partial charge in [-0.25, -0.2) is 0 Å². The summed E-state index contributed by atoms with van der Waals surface area (Å²) in [7, 11) is 0. The van der Waals surface area contributed by atoms with Gasteiger partial charge in [0.25, 0.3) is 5.56 Å². The van der Waals surface area contributed by atoms with Crippen LogP contribution in [0, 0.1) is 0 Å². The normalized spacial score (nSPS) is 13.8. The molecule has 4 heteroatoms. The summed E-state index contributed by atoms with van der Waals surface area (Å²) in [6.45, 7) is 2.68. The first kappa shape index (κ1) is 16.9. The minimum atomic E-state index is 0.0918. The maximum atomic E-state index is 12.6. The quantitative estimate of drug-likeness (QED) is 0.509. The van der Waals surface area contributed by atoms with Crippen LogP contribution in [0.5, 0.6) is 0 Å². The molecule has 2 aromatic heterocycles. The molecule has 1 aliphatic carbocycles. The summed E-state index contributed by atoms with van der Waals surface area (Å²) in [6.07, 6.45) is 5.79. The second kappa shape index (κ2) is 6.71. The molecule has 138 valence electrons. The molecule has 0 atom stereocenters. The van der Waals surface area contributed by atoms with Gasteiger partial charge in [0.05, 0.1) is 16.9 Å². The lowest BCUT2D eigenvalue weighted by Gasteiger charge is -2.14. The van der Waals surface area contributed by atoms with Gasteiger partial charge in [-0.3, -0.25) is 14.8 Å². The molecule has 0 spiro atoms. The van der Waals surface area contributed by atoms with E-state index in [2.05, 4.69) is 40.3 Å². The van der Waals surface area contributed by atoms with Crippen molar-refractivity contribution in [2.24, 2.45) is 0 Å². The van der Waals surface area contributed by atoms with E-state index in [1.807, 2.05) is 35.8 Å². The van der Waals surface area contributed by atoms with Crippen LogP contribution < -0.4 is 5.56 Å². The lowest BCUT2D eigenvalue weighted by Crippen LogP contribution is -2.19. The van der Waals surface area contributed by atoms with Crippen LogP contribution in [0.2, 0.25) is 0 Å². The minimum absolute atomic E-state index is 0.0918. The Morgan fingerprint density at radius 2 is 1.64 bits per heavy atom. The maximum absolute atomic E-state index is 12.6. The Balaban J connectivity index is 1.75. The molecule has 0 radical (unpaired) electrons. The zero-order valence-electron chi connectivity index (χ0n) is 15.8. The summed E-state index contributed by atoms with van der Waals surface area (Å²) in [5.74, 6) is 0.507. The van der Waals surface area contributed by atoms with Crippen molar-refractivity contribution >= 4 is 10.9 Å². The number of fused-ring (bicyclic) bond motifs is 1. The van der Waals surface area contributed by atoms with Crippen molar-refractivity contribution in [3.8, 4) is 22.5 Å². The molecule has 0 bridgehead atoms. The van der Waals surface area contributed by atoms with Crippen LogP contribution in [-0.2, 0) is 6.54 Å². The van der Waals surface area contributed by atoms with Crippen molar-refractivity contribution < 1.29 is 0 Å². The first-order valence-corrected chi connectivity index (χ1v) is 9.80. The Morgan fingerprint density at radius 1 is 0.929 bits per heavy atom. The highest BCUT2D eigenvalue weighted by molar-refractivity contribution is 5.90. The van der Waals surface area contributed by atoms with Crippen LogP contribution in [0.4, 0.5) is 0 Å². The topological polar surface area (TPSA) is 47.8 Å². The molecule has 4 aromatic rings. The van der Waals surface area contributed by atoms with Crippen molar-refractivity contribution in [3.05, 3.63) is 82.9 Å². The van der Waals surface area contributed by atoms with E-state index in [0.29, 0.717) is 12.5 Å². The van der Waals surface area contributed by atoms with Crippen LogP contribution >= 0.6 is 0 Å². The van der Waals surface area contributed by atoms with Crippen molar-refractivity contribution in [3.63, 3.8) is 0 Å². The molecule has 0 aliphatic heterocycles. The van der Waals surface area contributed by atoms with Gasteiger partial charge in [0.15, 0.2) is 0 Å². The summed E-state index contributed by atoms with van der Waals surface area (Å²) in [5, 5.41) is 1.16. The van der Waals surface area contributed by atoms with E-state index in [1.54, 1.807) is 12.4 Å². The Bertz CT molecular complexity index is 1220.